The SMILES string of the molecule is O=C(c1ccc(Br)c([N+](=O)[O-])c1)N1CC2CCC1C2. The minimum Gasteiger partial charge on any atom is -0.335 e. The molecule has 1 aromatic rings. The fourth-order valence-corrected chi connectivity index (χ4v) is 3.52. The number of likely N-dealkylation sites (tertiary alicyclic amines) is 1. The molecule has 0 aromatic heterocycles. The summed E-state index contributed by atoms with van der Waals surface area (Å²) in [6.07, 6.45) is 3.36. The van der Waals surface area contributed by atoms with Crippen LogP contribution < -0.4 is 0 Å². The molecule has 2 aliphatic rings. The Balaban J connectivity index is 1.88. The number of rotatable bonds is 2. The van der Waals surface area contributed by atoms with Crippen molar-refractivity contribution in [1.82, 2.24) is 4.90 Å². The molecular weight excluding hydrogens is 312 g/mol. The smallest absolute Gasteiger partial charge is 0.284 e. The summed E-state index contributed by atoms with van der Waals surface area (Å²) in [6.45, 7) is 0.799. The van der Waals surface area contributed by atoms with Crippen molar-refractivity contribution in [1.29, 1.82) is 0 Å². The van der Waals surface area contributed by atoms with Crippen molar-refractivity contribution in [2.75, 3.05) is 6.54 Å². The number of hydrogen-bond donors (Lipinski definition) is 0. The normalized spacial score (nSPS) is 24.8. The summed E-state index contributed by atoms with van der Waals surface area (Å²) >= 11 is 3.13. The lowest BCUT2D eigenvalue weighted by atomic mass is 10.1. The maximum absolute atomic E-state index is 12.4. The molecule has 3 rings (SSSR count). The fraction of sp³-hybridized carbons (Fsp3) is 0.462. The van der Waals surface area contributed by atoms with Gasteiger partial charge < -0.3 is 4.90 Å². The number of nitrogens with zero attached hydrogens (tertiary/aromatic N) is 2. The van der Waals surface area contributed by atoms with E-state index < -0.39 is 4.92 Å². The quantitative estimate of drug-likeness (QED) is 0.620. The molecule has 0 radical (unpaired) electrons. The van der Waals surface area contributed by atoms with Gasteiger partial charge in [0.2, 0.25) is 0 Å². The van der Waals surface area contributed by atoms with Crippen LogP contribution in [-0.4, -0.2) is 28.3 Å². The minimum atomic E-state index is -0.475. The number of benzene rings is 1. The summed E-state index contributed by atoms with van der Waals surface area (Å²) < 4.78 is 0.400. The second kappa shape index (κ2) is 4.59. The van der Waals surface area contributed by atoms with Gasteiger partial charge in [0, 0.05) is 24.2 Å². The molecule has 5 nitrogen and oxygen atoms in total. The largest absolute Gasteiger partial charge is 0.335 e. The first-order valence-corrected chi connectivity index (χ1v) is 7.10. The maximum Gasteiger partial charge on any atom is 0.284 e. The molecule has 2 unspecified atom stereocenters. The summed E-state index contributed by atoms with van der Waals surface area (Å²) in [5.74, 6) is 0.544. The van der Waals surface area contributed by atoms with Gasteiger partial charge >= 0.3 is 0 Å². The van der Waals surface area contributed by atoms with Crippen LogP contribution in [0.5, 0.6) is 0 Å². The monoisotopic (exact) mass is 324 g/mol. The summed E-state index contributed by atoms with van der Waals surface area (Å²) in [5, 5.41) is 10.9. The summed E-state index contributed by atoms with van der Waals surface area (Å²) in [5.41, 5.74) is 0.345. The minimum absolute atomic E-state index is 0.0600. The van der Waals surface area contributed by atoms with E-state index in [1.54, 1.807) is 12.1 Å². The Morgan fingerprint density at radius 1 is 1.42 bits per heavy atom. The van der Waals surface area contributed by atoms with E-state index in [0.717, 1.165) is 19.4 Å². The van der Waals surface area contributed by atoms with Gasteiger partial charge in [-0.05, 0) is 53.2 Å². The molecule has 0 N–H and O–H groups in total. The van der Waals surface area contributed by atoms with E-state index in [2.05, 4.69) is 15.9 Å². The molecule has 2 fully saturated rings. The number of halogens is 1. The van der Waals surface area contributed by atoms with Crippen LogP contribution in [0.25, 0.3) is 0 Å². The predicted octanol–water partition coefficient (Wildman–Crippen LogP) is 2.98. The number of piperidine rings is 1. The Morgan fingerprint density at radius 3 is 2.79 bits per heavy atom. The van der Waals surface area contributed by atoms with E-state index >= 15 is 0 Å². The molecule has 1 saturated heterocycles. The molecule has 2 atom stereocenters. The van der Waals surface area contributed by atoms with Crippen LogP contribution in [0, 0.1) is 16.0 Å². The zero-order valence-corrected chi connectivity index (χ0v) is 11.8. The van der Waals surface area contributed by atoms with Crippen molar-refractivity contribution in [3.8, 4) is 0 Å². The van der Waals surface area contributed by atoms with E-state index in [-0.39, 0.29) is 11.6 Å². The fourth-order valence-electron chi connectivity index (χ4n) is 3.12. The average Bonchev–Trinajstić information content (AvgIpc) is 3.00. The first-order valence-electron chi connectivity index (χ1n) is 6.31. The van der Waals surface area contributed by atoms with Crippen LogP contribution >= 0.6 is 15.9 Å². The number of hydrogen-bond acceptors (Lipinski definition) is 3. The zero-order chi connectivity index (χ0) is 13.6. The number of fused-ring (bicyclic) bond motifs is 2. The second-order valence-corrected chi connectivity index (χ2v) is 6.07. The third kappa shape index (κ3) is 2.14. The van der Waals surface area contributed by atoms with Gasteiger partial charge in [0.1, 0.15) is 0 Å². The Morgan fingerprint density at radius 2 is 2.21 bits per heavy atom. The highest BCUT2D eigenvalue weighted by Crippen LogP contribution is 2.38. The Bertz CT molecular complexity index is 561. The van der Waals surface area contributed by atoms with E-state index in [9.17, 15) is 14.9 Å². The summed E-state index contributed by atoms with van der Waals surface area (Å²) in [7, 11) is 0. The Labute approximate surface area is 118 Å². The molecule has 1 aliphatic heterocycles. The molecule has 1 heterocycles. The predicted molar refractivity (Wildman–Crippen MR) is 73.0 cm³/mol. The highest BCUT2D eigenvalue weighted by Gasteiger charge is 2.40. The first kappa shape index (κ1) is 12.6. The molecule has 6 heteroatoms. The number of nitro benzene ring substituents is 1. The van der Waals surface area contributed by atoms with E-state index in [1.165, 1.54) is 12.5 Å². The highest BCUT2D eigenvalue weighted by atomic mass is 79.9. The molecule has 1 aliphatic carbocycles. The summed E-state index contributed by atoms with van der Waals surface area (Å²) in [4.78, 5) is 24.7. The Kier molecular flexibility index (Phi) is 3.05. The van der Waals surface area contributed by atoms with Crippen molar-refractivity contribution < 1.29 is 9.72 Å². The molecule has 19 heavy (non-hydrogen) atoms. The standard InChI is InChI=1S/C13H13BrN2O3/c14-11-4-2-9(6-12(11)16(18)19)13(17)15-7-8-1-3-10(15)5-8/h2,4,6,8,10H,1,3,5,7H2. The highest BCUT2D eigenvalue weighted by molar-refractivity contribution is 9.10. The Hall–Kier alpha value is -1.43. The third-order valence-corrected chi connectivity index (χ3v) is 4.73. The number of carbonyl (C=O) groups excluding carboxylic acids is 1. The van der Waals surface area contributed by atoms with Gasteiger partial charge in [-0.3, -0.25) is 14.9 Å². The number of nitro groups is 1. The van der Waals surface area contributed by atoms with Crippen LogP contribution in [-0.2, 0) is 0 Å². The lowest BCUT2D eigenvalue weighted by Crippen LogP contribution is -2.37. The van der Waals surface area contributed by atoms with Gasteiger partial charge in [0.05, 0.1) is 9.40 Å². The van der Waals surface area contributed by atoms with Crippen LogP contribution in [0.2, 0.25) is 0 Å². The van der Waals surface area contributed by atoms with Crippen LogP contribution in [0.15, 0.2) is 22.7 Å². The van der Waals surface area contributed by atoms with E-state index in [1.807, 2.05) is 4.90 Å². The lowest BCUT2D eigenvalue weighted by molar-refractivity contribution is -0.385. The topological polar surface area (TPSA) is 63.4 Å². The molecule has 0 spiro atoms. The van der Waals surface area contributed by atoms with Crippen molar-refractivity contribution in [2.24, 2.45) is 5.92 Å². The molecule has 2 bridgehead atoms. The van der Waals surface area contributed by atoms with Crippen molar-refractivity contribution in [3.63, 3.8) is 0 Å². The van der Waals surface area contributed by atoms with Crippen molar-refractivity contribution in [3.05, 3.63) is 38.3 Å². The van der Waals surface area contributed by atoms with Gasteiger partial charge in [0.15, 0.2) is 0 Å². The van der Waals surface area contributed by atoms with Crippen molar-refractivity contribution in [2.45, 2.75) is 25.3 Å². The molecule has 1 amide bonds. The van der Waals surface area contributed by atoms with Gasteiger partial charge in [-0.1, -0.05) is 0 Å². The van der Waals surface area contributed by atoms with Crippen LogP contribution in [0.1, 0.15) is 29.6 Å². The molecule has 100 valence electrons. The average molecular weight is 325 g/mol. The molecule has 1 aromatic carbocycles. The second-order valence-electron chi connectivity index (χ2n) is 5.21. The van der Waals surface area contributed by atoms with E-state index in [4.69, 9.17) is 0 Å². The van der Waals surface area contributed by atoms with E-state index in [0.29, 0.717) is 22.0 Å². The maximum atomic E-state index is 12.4. The summed E-state index contributed by atoms with van der Waals surface area (Å²) in [6, 6.07) is 4.91. The van der Waals surface area contributed by atoms with Gasteiger partial charge in [-0.2, -0.15) is 0 Å². The molecular formula is C13H13BrN2O3. The van der Waals surface area contributed by atoms with Gasteiger partial charge in [-0.25, -0.2) is 0 Å². The zero-order valence-electron chi connectivity index (χ0n) is 10.2. The van der Waals surface area contributed by atoms with Gasteiger partial charge in [-0.15, -0.1) is 0 Å². The molecule has 1 saturated carbocycles. The van der Waals surface area contributed by atoms with Gasteiger partial charge in [0.25, 0.3) is 11.6 Å². The first-order chi connectivity index (χ1) is 9.06. The van der Waals surface area contributed by atoms with Crippen LogP contribution in [0.3, 0.4) is 0 Å². The number of amides is 1. The van der Waals surface area contributed by atoms with Crippen molar-refractivity contribution >= 4 is 27.5 Å². The lowest BCUT2D eigenvalue weighted by Gasteiger charge is -2.27. The number of carbonyl (C=O) groups is 1. The third-order valence-electron chi connectivity index (χ3n) is 4.06. The van der Waals surface area contributed by atoms with Crippen LogP contribution in [0.4, 0.5) is 5.69 Å².